The van der Waals surface area contributed by atoms with E-state index in [1.165, 1.54) is 54.9 Å². The van der Waals surface area contributed by atoms with Crippen molar-refractivity contribution in [3.8, 4) is 0 Å². The van der Waals surface area contributed by atoms with Crippen LogP contribution >= 0.6 is 0 Å². The smallest absolute Gasteiger partial charge is 0.0447 e. The van der Waals surface area contributed by atoms with Gasteiger partial charge in [0.05, 0.1) is 0 Å². The van der Waals surface area contributed by atoms with Crippen LogP contribution in [-0.4, -0.2) is 32.1 Å². The molecule has 2 heteroatoms. The Morgan fingerprint density at radius 3 is 1.92 bits per heavy atom. The standard InChI is InChI=1S/C21H28N2.C2H6/c1-4-15-22(2)16-9-12-17-18-10-5-7-13-20(18)23(3)21-14-8-6-11-19(17)21;1-2/h5-8,10-11,13-14,17H,4,9,12,15-16H2,1-3H3;1-2H3. The summed E-state index contributed by atoms with van der Waals surface area (Å²) in [5, 5.41) is 0. The molecule has 1 aliphatic heterocycles. The molecular formula is C23H34N2. The summed E-state index contributed by atoms with van der Waals surface area (Å²) in [6.45, 7) is 8.63. The number of fused-ring (bicyclic) bond motifs is 2. The summed E-state index contributed by atoms with van der Waals surface area (Å²) in [7, 11) is 4.42. The molecule has 0 atom stereocenters. The largest absolute Gasteiger partial charge is 0.344 e. The minimum Gasteiger partial charge on any atom is -0.344 e. The van der Waals surface area contributed by atoms with Crippen LogP contribution in [0.4, 0.5) is 11.4 Å². The first kappa shape index (κ1) is 19.5. The molecule has 25 heavy (non-hydrogen) atoms. The zero-order valence-electron chi connectivity index (χ0n) is 16.6. The van der Waals surface area contributed by atoms with Gasteiger partial charge in [-0.1, -0.05) is 57.2 Å². The fourth-order valence-electron chi connectivity index (χ4n) is 3.84. The summed E-state index contributed by atoms with van der Waals surface area (Å²) in [5.74, 6) is 0.522. The maximum absolute atomic E-state index is 2.45. The summed E-state index contributed by atoms with van der Waals surface area (Å²) < 4.78 is 0. The summed E-state index contributed by atoms with van der Waals surface area (Å²) >= 11 is 0. The summed E-state index contributed by atoms with van der Waals surface area (Å²) in [5.41, 5.74) is 5.68. The van der Waals surface area contributed by atoms with Gasteiger partial charge in [0.1, 0.15) is 0 Å². The van der Waals surface area contributed by atoms with Gasteiger partial charge in [-0.25, -0.2) is 0 Å². The number of rotatable bonds is 6. The molecule has 2 nitrogen and oxygen atoms in total. The molecule has 0 amide bonds. The van der Waals surface area contributed by atoms with Crippen LogP contribution in [0.5, 0.6) is 0 Å². The van der Waals surface area contributed by atoms with E-state index in [0.29, 0.717) is 5.92 Å². The topological polar surface area (TPSA) is 6.48 Å². The van der Waals surface area contributed by atoms with Crippen molar-refractivity contribution in [2.45, 2.75) is 46.0 Å². The van der Waals surface area contributed by atoms with Gasteiger partial charge in [-0.3, -0.25) is 0 Å². The van der Waals surface area contributed by atoms with Crippen LogP contribution in [-0.2, 0) is 0 Å². The van der Waals surface area contributed by atoms with Crippen LogP contribution in [0.1, 0.15) is 57.1 Å². The number of hydrogen-bond donors (Lipinski definition) is 0. The van der Waals surface area contributed by atoms with Gasteiger partial charge in [0, 0.05) is 24.3 Å². The summed E-state index contributed by atoms with van der Waals surface area (Å²) in [6.07, 6.45) is 3.69. The molecule has 0 aliphatic carbocycles. The minimum absolute atomic E-state index is 0.522. The van der Waals surface area contributed by atoms with Crippen molar-refractivity contribution in [3.63, 3.8) is 0 Å². The van der Waals surface area contributed by atoms with Gasteiger partial charge < -0.3 is 9.80 Å². The molecule has 0 unspecified atom stereocenters. The van der Waals surface area contributed by atoms with Gasteiger partial charge >= 0.3 is 0 Å². The van der Waals surface area contributed by atoms with Crippen molar-refractivity contribution in [3.05, 3.63) is 59.7 Å². The average Bonchev–Trinajstić information content (AvgIpc) is 2.66. The Morgan fingerprint density at radius 2 is 1.40 bits per heavy atom. The predicted octanol–water partition coefficient (Wildman–Crippen LogP) is 6.05. The van der Waals surface area contributed by atoms with Gasteiger partial charge in [0.25, 0.3) is 0 Å². The molecule has 1 heterocycles. The first-order chi connectivity index (χ1) is 12.2. The monoisotopic (exact) mass is 338 g/mol. The second kappa shape index (κ2) is 9.62. The molecule has 0 N–H and O–H groups in total. The average molecular weight is 339 g/mol. The highest BCUT2D eigenvalue weighted by Crippen LogP contribution is 2.46. The first-order valence-corrected chi connectivity index (χ1v) is 9.82. The van der Waals surface area contributed by atoms with Crippen LogP contribution < -0.4 is 4.90 Å². The Hall–Kier alpha value is -1.80. The van der Waals surface area contributed by atoms with E-state index in [9.17, 15) is 0 Å². The summed E-state index contributed by atoms with van der Waals surface area (Å²) in [4.78, 5) is 4.79. The van der Waals surface area contributed by atoms with E-state index in [0.717, 1.165) is 0 Å². The van der Waals surface area contributed by atoms with E-state index in [1.807, 2.05) is 13.8 Å². The maximum atomic E-state index is 2.45. The van der Waals surface area contributed by atoms with Gasteiger partial charge in [0.2, 0.25) is 0 Å². The van der Waals surface area contributed by atoms with Gasteiger partial charge in [-0.15, -0.1) is 0 Å². The van der Waals surface area contributed by atoms with Crippen molar-refractivity contribution in [2.75, 3.05) is 32.1 Å². The second-order valence-corrected chi connectivity index (χ2v) is 6.67. The highest BCUT2D eigenvalue weighted by molar-refractivity contribution is 5.75. The lowest BCUT2D eigenvalue weighted by Crippen LogP contribution is -2.23. The third-order valence-corrected chi connectivity index (χ3v) is 4.99. The normalized spacial score (nSPS) is 13.1. The molecule has 0 saturated carbocycles. The number of para-hydroxylation sites is 2. The molecule has 0 bridgehead atoms. The van der Waals surface area contributed by atoms with E-state index in [2.05, 4.69) is 79.3 Å². The van der Waals surface area contributed by atoms with Crippen molar-refractivity contribution in [2.24, 2.45) is 0 Å². The van der Waals surface area contributed by atoms with E-state index >= 15 is 0 Å². The van der Waals surface area contributed by atoms with Crippen LogP contribution in [0.3, 0.4) is 0 Å². The molecular weight excluding hydrogens is 304 g/mol. The van der Waals surface area contributed by atoms with E-state index in [4.69, 9.17) is 0 Å². The lowest BCUT2D eigenvalue weighted by atomic mass is 9.82. The highest BCUT2D eigenvalue weighted by atomic mass is 15.1. The Balaban J connectivity index is 0.00000109. The van der Waals surface area contributed by atoms with Crippen LogP contribution in [0.2, 0.25) is 0 Å². The number of hydrogen-bond acceptors (Lipinski definition) is 2. The first-order valence-electron chi connectivity index (χ1n) is 9.82. The molecule has 3 rings (SSSR count). The van der Waals surface area contributed by atoms with Gasteiger partial charge in [-0.05, 0) is 62.7 Å². The molecule has 2 aromatic carbocycles. The van der Waals surface area contributed by atoms with Crippen molar-refractivity contribution >= 4 is 11.4 Å². The Morgan fingerprint density at radius 1 is 0.880 bits per heavy atom. The van der Waals surface area contributed by atoms with E-state index < -0.39 is 0 Å². The zero-order valence-corrected chi connectivity index (χ0v) is 16.6. The second-order valence-electron chi connectivity index (χ2n) is 6.67. The molecule has 136 valence electrons. The molecule has 0 fully saturated rings. The number of nitrogens with zero attached hydrogens (tertiary/aromatic N) is 2. The third-order valence-electron chi connectivity index (χ3n) is 4.99. The summed E-state index contributed by atoms with van der Waals surface area (Å²) in [6, 6.07) is 17.8. The molecule has 0 radical (unpaired) electrons. The van der Waals surface area contributed by atoms with Gasteiger partial charge in [-0.2, -0.15) is 0 Å². The Kier molecular flexibility index (Phi) is 7.52. The van der Waals surface area contributed by atoms with Crippen LogP contribution in [0, 0.1) is 0 Å². The Bertz CT molecular complexity index is 603. The van der Waals surface area contributed by atoms with Crippen molar-refractivity contribution in [1.82, 2.24) is 4.90 Å². The molecule has 2 aromatic rings. The van der Waals surface area contributed by atoms with E-state index in [-0.39, 0.29) is 0 Å². The quantitative estimate of drug-likeness (QED) is 0.633. The van der Waals surface area contributed by atoms with Gasteiger partial charge in [0.15, 0.2) is 0 Å². The van der Waals surface area contributed by atoms with E-state index in [1.54, 1.807) is 0 Å². The third kappa shape index (κ3) is 4.43. The van der Waals surface area contributed by atoms with Crippen molar-refractivity contribution in [1.29, 1.82) is 0 Å². The SMILES string of the molecule is CC.CCCN(C)CCCC1c2ccccc2N(C)c2ccccc21. The predicted molar refractivity (Wildman–Crippen MR) is 111 cm³/mol. The zero-order chi connectivity index (χ0) is 18.2. The maximum Gasteiger partial charge on any atom is 0.0447 e. The highest BCUT2D eigenvalue weighted by Gasteiger charge is 2.27. The molecule has 1 aliphatic rings. The lowest BCUT2D eigenvalue weighted by molar-refractivity contribution is 0.324. The molecule has 0 aromatic heterocycles. The molecule has 0 spiro atoms. The fourth-order valence-corrected chi connectivity index (χ4v) is 3.84. The minimum atomic E-state index is 0.522. The van der Waals surface area contributed by atoms with Crippen LogP contribution in [0.25, 0.3) is 0 Å². The lowest BCUT2D eigenvalue weighted by Gasteiger charge is -2.35. The Labute approximate surface area is 154 Å². The van der Waals surface area contributed by atoms with Crippen molar-refractivity contribution < 1.29 is 0 Å². The fraction of sp³-hybridized carbons (Fsp3) is 0.478. The number of benzene rings is 2. The molecule has 0 saturated heterocycles. The number of anilines is 2. The van der Waals surface area contributed by atoms with Crippen LogP contribution in [0.15, 0.2) is 48.5 Å².